The normalized spacial score (nSPS) is 11.5. The van der Waals surface area contributed by atoms with Crippen molar-refractivity contribution >= 4 is 29.8 Å². The number of thioether (sulfide) groups is 1. The van der Waals surface area contributed by atoms with Crippen molar-refractivity contribution in [3.05, 3.63) is 33.9 Å². The first kappa shape index (κ1) is 16.8. The van der Waals surface area contributed by atoms with Crippen molar-refractivity contribution in [3.63, 3.8) is 0 Å². The van der Waals surface area contributed by atoms with Crippen molar-refractivity contribution in [2.75, 3.05) is 12.9 Å². The molecule has 1 unspecified atom stereocenters. The van der Waals surface area contributed by atoms with Crippen LogP contribution in [0.25, 0.3) is 0 Å². The SMILES string of the molecule is COc1ccc(CSCC(NC=O)C(=O)O)cc1[N+](=O)[O-]. The van der Waals surface area contributed by atoms with Gasteiger partial charge in [0.2, 0.25) is 6.41 Å². The van der Waals surface area contributed by atoms with E-state index in [1.165, 1.54) is 31.0 Å². The van der Waals surface area contributed by atoms with Gasteiger partial charge in [0.1, 0.15) is 6.04 Å². The molecule has 0 aromatic heterocycles. The van der Waals surface area contributed by atoms with E-state index in [-0.39, 0.29) is 17.2 Å². The van der Waals surface area contributed by atoms with Crippen LogP contribution in [0.5, 0.6) is 5.75 Å². The van der Waals surface area contributed by atoms with Crippen molar-refractivity contribution < 1.29 is 24.4 Å². The number of carbonyl (C=O) groups excluding carboxylic acids is 1. The van der Waals surface area contributed by atoms with E-state index < -0.39 is 16.9 Å². The second kappa shape index (κ2) is 8.10. The van der Waals surface area contributed by atoms with E-state index in [1.54, 1.807) is 6.07 Å². The Balaban J connectivity index is 2.67. The van der Waals surface area contributed by atoms with Crippen molar-refractivity contribution in [1.29, 1.82) is 0 Å². The third-order valence-corrected chi connectivity index (χ3v) is 3.67. The third kappa shape index (κ3) is 4.95. The Hall–Kier alpha value is -2.29. The molecule has 0 saturated heterocycles. The molecular weight excluding hydrogens is 300 g/mol. The molecule has 21 heavy (non-hydrogen) atoms. The fourth-order valence-corrected chi connectivity index (χ4v) is 2.54. The zero-order valence-electron chi connectivity index (χ0n) is 11.1. The lowest BCUT2D eigenvalue weighted by molar-refractivity contribution is -0.385. The van der Waals surface area contributed by atoms with Crippen molar-refractivity contribution in [3.8, 4) is 5.75 Å². The second-order valence-corrected chi connectivity index (χ2v) is 4.98. The monoisotopic (exact) mass is 314 g/mol. The summed E-state index contributed by atoms with van der Waals surface area (Å²) in [6.07, 6.45) is 0.331. The van der Waals surface area contributed by atoms with Gasteiger partial charge < -0.3 is 15.2 Å². The molecule has 0 radical (unpaired) electrons. The number of nitro groups is 1. The summed E-state index contributed by atoms with van der Waals surface area (Å²) in [6.45, 7) is 0. The fraction of sp³-hybridized carbons (Fsp3) is 0.333. The predicted octanol–water partition coefficient (Wildman–Crippen LogP) is 1.04. The number of carboxylic acids is 1. The average Bonchev–Trinajstić information content (AvgIpc) is 2.45. The van der Waals surface area contributed by atoms with Gasteiger partial charge in [-0.3, -0.25) is 14.9 Å². The number of carbonyl (C=O) groups is 2. The topological polar surface area (TPSA) is 119 Å². The molecule has 1 rings (SSSR count). The molecule has 0 fully saturated rings. The highest BCUT2D eigenvalue weighted by molar-refractivity contribution is 7.98. The average molecular weight is 314 g/mol. The molecule has 0 bridgehead atoms. The smallest absolute Gasteiger partial charge is 0.327 e. The molecule has 1 aromatic carbocycles. The molecule has 2 N–H and O–H groups in total. The maximum atomic E-state index is 10.9. The van der Waals surface area contributed by atoms with Gasteiger partial charge in [-0.25, -0.2) is 4.79 Å². The highest BCUT2D eigenvalue weighted by Gasteiger charge is 2.17. The van der Waals surface area contributed by atoms with Crippen LogP contribution in [-0.4, -0.2) is 41.3 Å². The van der Waals surface area contributed by atoms with Crippen LogP contribution in [0.4, 0.5) is 5.69 Å². The van der Waals surface area contributed by atoms with Crippen LogP contribution >= 0.6 is 11.8 Å². The molecule has 0 aliphatic carbocycles. The number of rotatable bonds is 9. The number of hydrogen-bond acceptors (Lipinski definition) is 6. The number of hydrogen-bond donors (Lipinski definition) is 2. The molecule has 9 heteroatoms. The molecule has 114 valence electrons. The first-order valence-corrected chi connectivity index (χ1v) is 6.96. The van der Waals surface area contributed by atoms with Gasteiger partial charge in [-0.15, -0.1) is 0 Å². The maximum absolute atomic E-state index is 10.9. The van der Waals surface area contributed by atoms with Crippen molar-refractivity contribution in [2.45, 2.75) is 11.8 Å². The Kier molecular flexibility index (Phi) is 6.47. The molecule has 0 heterocycles. The Morgan fingerprint density at radius 2 is 2.33 bits per heavy atom. The van der Waals surface area contributed by atoms with Crippen LogP contribution in [0, 0.1) is 10.1 Å². The lowest BCUT2D eigenvalue weighted by atomic mass is 10.2. The fourth-order valence-electron chi connectivity index (χ4n) is 1.54. The van der Waals surface area contributed by atoms with Gasteiger partial charge in [-0.05, 0) is 11.6 Å². The van der Waals surface area contributed by atoms with Crippen LogP contribution in [0.2, 0.25) is 0 Å². The molecule has 0 saturated carbocycles. The van der Waals surface area contributed by atoms with Gasteiger partial charge >= 0.3 is 11.7 Å². The van der Waals surface area contributed by atoms with E-state index in [0.29, 0.717) is 17.7 Å². The lowest BCUT2D eigenvalue weighted by Gasteiger charge is -2.10. The minimum Gasteiger partial charge on any atom is -0.490 e. The number of nitrogens with one attached hydrogen (secondary N) is 1. The molecule has 0 aliphatic rings. The van der Waals surface area contributed by atoms with Crippen LogP contribution < -0.4 is 10.1 Å². The highest BCUT2D eigenvalue weighted by atomic mass is 32.2. The van der Waals surface area contributed by atoms with Crippen LogP contribution in [0.1, 0.15) is 5.56 Å². The zero-order chi connectivity index (χ0) is 15.8. The Morgan fingerprint density at radius 3 is 2.86 bits per heavy atom. The summed E-state index contributed by atoms with van der Waals surface area (Å²) in [7, 11) is 1.35. The van der Waals surface area contributed by atoms with Crippen molar-refractivity contribution in [1.82, 2.24) is 5.32 Å². The second-order valence-electron chi connectivity index (χ2n) is 3.95. The number of amides is 1. The summed E-state index contributed by atoms with van der Waals surface area (Å²) in [5.41, 5.74) is 0.527. The summed E-state index contributed by atoms with van der Waals surface area (Å²) >= 11 is 1.25. The largest absolute Gasteiger partial charge is 0.490 e. The Labute approximate surface area is 124 Å². The maximum Gasteiger partial charge on any atom is 0.327 e. The zero-order valence-corrected chi connectivity index (χ0v) is 12.0. The third-order valence-electron chi connectivity index (χ3n) is 2.56. The minimum atomic E-state index is -1.13. The van der Waals surface area contributed by atoms with E-state index in [9.17, 15) is 19.7 Å². The van der Waals surface area contributed by atoms with Crippen molar-refractivity contribution in [2.24, 2.45) is 0 Å². The Morgan fingerprint density at radius 1 is 1.62 bits per heavy atom. The van der Waals surface area contributed by atoms with Crippen LogP contribution in [-0.2, 0) is 15.3 Å². The molecule has 0 spiro atoms. The standard InChI is InChI=1S/C12H14N2O6S/c1-20-11-3-2-8(4-10(11)14(18)19)5-21-6-9(12(16)17)13-7-15/h2-4,7,9H,5-6H2,1H3,(H,13,15)(H,16,17). The number of nitro benzene ring substituents is 1. The first-order chi connectivity index (χ1) is 9.99. The van der Waals surface area contributed by atoms with Gasteiger partial charge in [0, 0.05) is 17.6 Å². The summed E-state index contributed by atoms with van der Waals surface area (Å²) in [5, 5.41) is 21.9. The van der Waals surface area contributed by atoms with E-state index in [0.717, 1.165) is 0 Å². The summed E-state index contributed by atoms with van der Waals surface area (Å²) in [5.74, 6) is -0.418. The van der Waals surface area contributed by atoms with Gasteiger partial charge in [0.05, 0.1) is 12.0 Å². The quantitative estimate of drug-likeness (QED) is 0.397. The van der Waals surface area contributed by atoms with Gasteiger partial charge in [-0.1, -0.05) is 6.07 Å². The predicted molar refractivity (Wildman–Crippen MR) is 76.4 cm³/mol. The van der Waals surface area contributed by atoms with E-state index >= 15 is 0 Å². The lowest BCUT2D eigenvalue weighted by Crippen LogP contribution is -2.37. The molecule has 8 nitrogen and oxygen atoms in total. The molecular formula is C12H14N2O6S. The van der Waals surface area contributed by atoms with Crippen LogP contribution in [0.3, 0.4) is 0 Å². The van der Waals surface area contributed by atoms with Gasteiger partial charge in [-0.2, -0.15) is 11.8 Å². The molecule has 0 aliphatic heterocycles. The summed E-state index contributed by atoms with van der Waals surface area (Å²) in [4.78, 5) is 31.4. The number of methoxy groups -OCH3 is 1. The number of ether oxygens (including phenoxy) is 1. The van der Waals surface area contributed by atoms with E-state index in [2.05, 4.69) is 5.32 Å². The molecule has 1 atom stereocenters. The number of benzene rings is 1. The number of carboxylic acid groups (broad SMARTS) is 1. The number of nitrogens with zero attached hydrogens (tertiary/aromatic N) is 1. The Bertz CT molecular complexity index is 536. The number of aliphatic carboxylic acids is 1. The summed E-state index contributed by atoms with van der Waals surface area (Å²) in [6, 6.07) is 3.56. The van der Waals surface area contributed by atoms with E-state index in [4.69, 9.17) is 9.84 Å². The molecule has 1 amide bonds. The molecule has 1 aromatic rings. The van der Waals surface area contributed by atoms with E-state index in [1.807, 2.05) is 0 Å². The van der Waals surface area contributed by atoms with Crippen LogP contribution in [0.15, 0.2) is 18.2 Å². The summed E-state index contributed by atoms with van der Waals surface area (Å²) < 4.78 is 4.89. The van der Waals surface area contributed by atoms with Gasteiger partial charge in [0.25, 0.3) is 0 Å². The first-order valence-electron chi connectivity index (χ1n) is 5.81. The minimum absolute atomic E-state index is 0.142. The van der Waals surface area contributed by atoms with Gasteiger partial charge in [0.15, 0.2) is 5.75 Å². The highest BCUT2D eigenvalue weighted by Crippen LogP contribution is 2.29.